The van der Waals surface area contributed by atoms with Crippen molar-refractivity contribution in [1.29, 1.82) is 0 Å². The first kappa shape index (κ1) is 9.85. The van der Waals surface area contributed by atoms with E-state index in [1.165, 1.54) is 11.3 Å². The number of fused-ring (bicyclic) bond motifs is 1. The van der Waals surface area contributed by atoms with E-state index in [0.29, 0.717) is 15.4 Å². The van der Waals surface area contributed by atoms with E-state index in [1.807, 2.05) is 6.07 Å². The van der Waals surface area contributed by atoms with Crippen molar-refractivity contribution in [1.82, 2.24) is 0 Å². The summed E-state index contributed by atoms with van der Waals surface area (Å²) < 4.78 is 0.782. The highest BCUT2D eigenvalue weighted by Crippen LogP contribution is 2.34. The number of hydrogen-bond donors (Lipinski definition) is 4. The second-order valence-electron chi connectivity index (χ2n) is 2.91. The predicted octanol–water partition coefficient (Wildman–Crippen LogP) is 0.452. The van der Waals surface area contributed by atoms with Gasteiger partial charge in [-0.15, -0.1) is 24.0 Å². The fourth-order valence-corrected chi connectivity index (χ4v) is 2.75. The van der Waals surface area contributed by atoms with Crippen LogP contribution in [0.4, 0.5) is 5.00 Å². The molecule has 0 atom stereocenters. The lowest BCUT2D eigenvalue weighted by Gasteiger charge is -1.99. The maximum atomic E-state index is 9.12. The fourth-order valence-electron chi connectivity index (χ4n) is 1.35. The number of thiophene rings is 1. The Kier molecular flexibility index (Phi) is 2.44. The topological polar surface area (TPSA) is 66.5 Å². The maximum absolute atomic E-state index is 9.12. The van der Waals surface area contributed by atoms with Gasteiger partial charge in [-0.3, -0.25) is 0 Å². The van der Waals surface area contributed by atoms with E-state index < -0.39 is 7.12 Å². The van der Waals surface area contributed by atoms with Crippen molar-refractivity contribution in [3.63, 3.8) is 0 Å². The molecule has 0 aliphatic rings. The molecule has 2 aromatic rings. The molecule has 1 aromatic carbocycles. The number of nitrogen functional groups attached to an aromatic ring is 1. The molecule has 0 bridgehead atoms. The Hall–Kier alpha value is -0.685. The van der Waals surface area contributed by atoms with Crippen LogP contribution in [-0.2, 0) is 0 Å². The summed E-state index contributed by atoms with van der Waals surface area (Å²) >= 11 is 5.57. The zero-order chi connectivity index (χ0) is 10.3. The molecule has 6 heteroatoms. The van der Waals surface area contributed by atoms with Gasteiger partial charge in [0.05, 0.1) is 0 Å². The Bertz CT molecular complexity index is 483. The zero-order valence-corrected chi connectivity index (χ0v) is 8.85. The van der Waals surface area contributed by atoms with Gasteiger partial charge in [0.15, 0.2) is 0 Å². The summed E-state index contributed by atoms with van der Waals surface area (Å²) in [6.45, 7) is 0. The van der Waals surface area contributed by atoms with Crippen LogP contribution in [0, 0.1) is 0 Å². The number of anilines is 1. The summed E-state index contributed by atoms with van der Waals surface area (Å²) in [5.74, 6) is 0. The largest absolute Gasteiger partial charge is 0.489 e. The number of thiol groups is 1. The SMILES string of the molecule is Nc1sc2c(B(O)O)cccc2c1S. The van der Waals surface area contributed by atoms with Crippen LogP contribution in [0.1, 0.15) is 0 Å². The smallest absolute Gasteiger partial charge is 0.423 e. The molecule has 0 amide bonds. The second-order valence-corrected chi connectivity index (χ2v) is 4.41. The summed E-state index contributed by atoms with van der Waals surface area (Å²) in [6, 6.07) is 5.27. The van der Waals surface area contributed by atoms with Crippen LogP contribution in [0.15, 0.2) is 23.1 Å². The molecule has 0 unspecified atom stereocenters. The van der Waals surface area contributed by atoms with Gasteiger partial charge in [-0.2, -0.15) is 0 Å². The molecule has 0 saturated carbocycles. The van der Waals surface area contributed by atoms with Gasteiger partial charge in [0, 0.05) is 15.0 Å². The van der Waals surface area contributed by atoms with E-state index in [-0.39, 0.29) is 0 Å². The molecule has 2 rings (SSSR count). The molecule has 0 fully saturated rings. The predicted molar refractivity (Wildman–Crippen MR) is 63.3 cm³/mol. The van der Waals surface area contributed by atoms with Gasteiger partial charge in [0.2, 0.25) is 0 Å². The minimum absolute atomic E-state index is 0.472. The number of benzene rings is 1. The number of nitrogens with two attached hydrogens (primary N) is 1. The summed E-state index contributed by atoms with van der Waals surface area (Å²) in [6.07, 6.45) is 0. The fraction of sp³-hybridized carbons (Fsp3) is 0. The summed E-state index contributed by atoms with van der Waals surface area (Å²) in [7, 11) is -1.47. The Morgan fingerprint density at radius 2 is 2.07 bits per heavy atom. The normalized spacial score (nSPS) is 10.8. The summed E-state index contributed by atoms with van der Waals surface area (Å²) in [5.41, 5.74) is 6.17. The number of hydrogen-bond acceptors (Lipinski definition) is 5. The van der Waals surface area contributed by atoms with Crippen LogP contribution in [0.25, 0.3) is 10.1 Å². The molecule has 0 spiro atoms. The summed E-state index contributed by atoms with van der Waals surface area (Å²) in [4.78, 5) is 0.701. The van der Waals surface area contributed by atoms with Crippen molar-refractivity contribution in [2.24, 2.45) is 0 Å². The summed E-state index contributed by atoms with van der Waals surface area (Å²) in [5, 5.41) is 19.7. The van der Waals surface area contributed by atoms with Crippen molar-refractivity contribution < 1.29 is 10.0 Å². The van der Waals surface area contributed by atoms with Gasteiger partial charge >= 0.3 is 7.12 Å². The first-order chi connectivity index (χ1) is 6.61. The standard InChI is InChI=1S/C8H8BNO2S2/c10-8-6(13)4-2-1-3-5(9(11)12)7(4)14-8/h1-3,11-13H,10H2. The van der Waals surface area contributed by atoms with Gasteiger partial charge in [-0.05, 0) is 5.46 Å². The molecule has 14 heavy (non-hydrogen) atoms. The monoisotopic (exact) mass is 225 g/mol. The van der Waals surface area contributed by atoms with Crippen molar-refractivity contribution in [3.8, 4) is 0 Å². The third-order valence-corrected chi connectivity index (χ3v) is 3.74. The van der Waals surface area contributed by atoms with Crippen LogP contribution >= 0.6 is 24.0 Å². The van der Waals surface area contributed by atoms with E-state index in [2.05, 4.69) is 12.6 Å². The highest BCUT2D eigenvalue weighted by molar-refractivity contribution is 7.81. The highest BCUT2D eigenvalue weighted by atomic mass is 32.1. The van der Waals surface area contributed by atoms with Crippen LogP contribution < -0.4 is 11.2 Å². The molecule has 72 valence electrons. The second kappa shape index (κ2) is 3.47. The quantitative estimate of drug-likeness (QED) is 0.421. The number of rotatable bonds is 1. The molecule has 0 saturated heterocycles. The van der Waals surface area contributed by atoms with Gasteiger partial charge in [0.25, 0.3) is 0 Å². The Labute approximate surface area is 90.7 Å². The molecular formula is C8H8BNO2S2. The molecule has 1 heterocycles. The van der Waals surface area contributed by atoms with Gasteiger partial charge in [0.1, 0.15) is 5.00 Å². The zero-order valence-electron chi connectivity index (χ0n) is 7.14. The van der Waals surface area contributed by atoms with Crippen molar-refractivity contribution in [2.45, 2.75) is 4.90 Å². The van der Waals surface area contributed by atoms with E-state index in [0.717, 1.165) is 10.1 Å². The van der Waals surface area contributed by atoms with Gasteiger partial charge in [-0.1, -0.05) is 18.2 Å². The van der Waals surface area contributed by atoms with Crippen molar-refractivity contribution in [2.75, 3.05) is 5.73 Å². The van der Waals surface area contributed by atoms with Crippen LogP contribution in [0.5, 0.6) is 0 Å². The van der Waals surface area contributed by atoms with Crippen LogP contribution in [0.2, 0.25) is 0 Å². The van der Waals surface area contributed by atoms with E-state index in [9.17, 15) is 0 Å². The third kappa shape index (κ3) is 1.40. The van der Waals surface area contributed by atoms with Crippen molar-refractivity contribution >= 4 is 51.6 Å². The average Bonchev–Trinajstić information content (AvgIpc) is 2.43. The molecule has 0 radical (unpaired) electrons. The lowest BCUT2D eigenvalue weighted by Crippen LogP contribution is -2.29. The molecule has 0 aliphatic carbocycles. The van der Waals surface area contributed by atoms with Crippen LogP contribution in [-0.4, -0.2) is 17.2 Å². The lowest BCUT2D eigenvalue weighted by molar-refractivity contribution is 0.426. The Morgan fingerprint density at radius 3 is 2.71 bits per heavy atom. The maximum Gasteiger partial charge on any atom is 0.489 e. The van der Waals surface area contributed by atoms with Crippen molar-refractivity contribution in [3.05, 3.63) is 18.2 Å². The van der Waals surface area contributed by atoms with E-state index in [4.69, 9.17) is 15.8 Å². The third-order valence-electron chi connectivity index (χ3n) is 2.02. The van der Waals surface area contributed by atoms with E-state index in [1.54, 1.807) is 12.1 Å². The first-order valence-electron chi connectivity index (χ1n) is 3.97. The minimum atomic E-state index is -1.47. The van der Waals surface area contributed by atoms with Gasteiger partial charge in [-0.25, -0.2) is 0 Å². The van der Waals surface area contributed by atoms with E-state index >= 15 is 0 Å². The van der Waals surface area contributed by atoms with Crippen LogP contribution in [0.3, 0.4) is 0 Å². The molecule has 3 nitrogen and oxygen atoms in total. The first-order valence-corrected chi connectivity index (χ1v) is 5.23. The van der Waals surface area contributed by atoms with Gasteiger partial charge < -0.3 is 15.8 Å². The average molecular weight is 225 g/mol. The lowest BCUT2D eigenvalue weighted by atomic mass is 9.80. The highest BCUT2D eigenvalue weighted by Gasteiger charge is 2.17. The molecule has 0 aliphatic heterocycles. The Balaban J connectivity index is 2.81. The molecule has 4 N–H and O–H groups in total. The molecule has 1 aromatic heterocycles. The Morgan fingerprint density at radius 1 is 1.36 bits per heavy atom. The minimum Gasteiger partial charge on any atom is -0.423 e. The molecular weight excluding hydrogens is 217 g/mol.